The van der Waals surface area contributed by atoms with E-state index in [2.05, 4.69) is 4.98 Å². The highest BCUT2D eigenvalue weighted by molar-refractivity contribution is 5.98. The highest BCUT2D eigenvalue weighted by atomic mass is 19.4. The Bertz CT molecular complexity index is 1660. The maximum absolute atomic E-state index is 14.0. The number of aromatic nitrogens is 2. The van der Waals surface area contributed by atoms with E-state index in [1.165, 1.54) is 25.1 Å². The number of halogens is 3. The van der Waals surface area contributed by atoms with Crippen LogP contribution in [0.25, 0.3) is 16.7 Å². The number of hydrogen-bond donors (Lipinski definition) is 0. The standard InChI is InChI=1S/C29H24F3N3O5/c1-15-26(40-17(3)36)20-12-11-18(13-25(20)39-15)35(28(37)29(30,31)32)24-14-38-27-19(24)7-6-10-23(27)34-16(2)33-21-8-4-5-9-22(21)34/h4-13,15,24,26H,14H2,1-3H3/t15?,24?,26-/m1/s1. The maximum atomic E-state index is 14.0. The van der Waals surface area contributed by atoms with Crippen LogP contribution in [0.3, 0.4) is 0 Å². The molecule has 4 aromatic rings. The molecule has 1 aromatic heterocycles. The lowest BCUT2D eigenvalue weighted by Gasteiger charge is -2.29. The minimum absolute atomic E-state index is 0.0205. The van der Waals surface area contributed by atoms with E-state index in [1.807, 2.05) is 35.8 Å². The zero-order valence-electron chi connectivity index (χ0n) is 21.7. The second-order valence-electron chi connectivity index (χ2n) is 9.75. The van der Waals surface area contributed by atoms with Crippen LogP contribution in [0.2, 0.25) is 0 Å². The van der Waals surface area contributed by atoms with Gasteiger partial charge in [-0.25, -0.2) is 4.98 Å². The summed E-state index contributed by atoms with van der Waals surface area (Å²) < 4.78 is 60.9. The Morgan fingerprint density at radius 1 is 1.07 bits per heavy atom. The second kappa shape index (κ2) is 9.29. The molecule has 6 rings (SSSR count). The molecule has 0 radical (unpaired) electrons. The van der Waals surface area contributed by atoms with E-state index in [0.717, 1.165) is 11.0 Å². The van der Waals surface area contributed by atoms with Crippen molar-refractivity contribution in [1.29, 1.82) is 0 Å². The van der Waals surface area contributed by atoms with Gasteiger partial charge in [-0.1, -0.05) is 24.3 Å². The number of rotatable bonds is 4. The second-order valence-corrected chi connectivity index (χ2v) is 9.75. The fourth-order valence-corrected chi connectivity index (χ4v) is 5.49. The summed E-state index contributed by atoms with van der Waals surface area (Å²) in [5.74, 6) is -1.25. The lowest BCUT2D eigenvalue weighted by molar-refractivity contribution is -0.171. The Hall–Kier alpha value is -4.54. The quantitative estimate of drug-likeness (QED) is 0.301. The number of carbonyl (C=O) groups excluding carboxylic acids is 2. The number of carbonyl (C=O) groups is 2. The van der Waals surface area contributed by atoms with Gasteiger partial charge in [-0.15, -0.1) is 0 Å². The summed E-state index contributed by atoms with van der Waals surface area (Å²) in [6.07, 6.45) is -6.41. The number of nitrogens with zero attached hydrogens (tertiary/aromatic N) is 3. The third-order valence-corrected chi connectivity index (χ3v) is 7.13. The van der Waals surface area contributed by atoms with Crippen LogP contribution in [-0.2, 0) is 14.3 Å². The summed E-state index contributed by atoms with van der Waals surface area (Å²) in [4.78, 5) is 29.7. The third-order valence-electron chi connectivity index (χ3n) is 7.13. The minimum Gasteiger partial charge on any atom is -0.488 e. The van der Waals surface area contributed by atoms with Gasteiger partial charge in [0.25, 0.3) is 0 Å². The fourth-order valence-electron chi connectivity index (χ4n) is 5.49. The summed E-state index contributed by atoms with van der Waals surface area (Å²) in [6, 6.07) is 15.9. The Kier molecular flexibility index (Phi) is 5.97. The van der Waals surface area contributed by atoms with Crippen LogP contribution in [0.1, 0.15) is 42.9 Å². The number of ether oxygens (including phenoxy) is 3. The Morgan fingerprint density at radius 3 is 2.60 bits per heavy atom. The average molecular weight is 552 g/mol. The molecule has 3 atom stereocenters. The van der Waals surface area contributed by atoms with Crippen LogP contribution in [0.4, 0.5) is 18.9 Å². The van der Waals surface area contributed by atoms with Gasteiger partial charge in [-0.2, -0.15) is 13.2 Å². The molecule has 3 aromatic carbocycles. The van der Waals surface area contributed by atoms with Crippen LogP contribution in [-0.4, -0.2) is 40.3 Å². The van der Waals surface area contributed by atoms with Crippen LogP contribution in [0, 0.1) is 6.92 Å². The molecule has 3 heterocycles. The van der Waals surface area contributed by atoms with Gasteiger partial charge >= 0.3 is 18.1 Å². The van der Waals surface area contributed by atoms with Crippen LogP contribution < -0.4 is 14.4 Å². The molecule has 0 aliphatic carbocycles. The monoisotopic (exact) mass is 551 g/mol. The van der Waals surface area contributed by atoms with Gasteiger partial charge in [0, 0.05) is 29.8 Å². The van der Waals surface area contributed by atoms with Crippen LogP contribution >= 0.6 is 0 Å². The highest BCUT2D eigenvalue weighted by Gasteiger charge is 2.48. The summed E-state index contributed by atoms with van der Waals surface area (Å²) in [6.45, 7) is 4.60. The molecule has 1 amide bonds. The van der Waals surface area contributed by atoms with E-state index in [1.54, 1.807) is 25.1 Å². The van der Waals surface area contributed by atoms with Gasteiger partial charge in [-0.05, 0) is 44.2 Å². The molecule has 0 bridgehead atoms. The minimum atomic E-state index is -5.15. The number of para-hydroxylation sites is 3. The van der Waals surface area contributed by atoms with E-state index < -0.39 is 36.3 Å². The predicted octanol–water partition coefficient (Wildman–Crippen LogP) is 5.75. The van der Waals surface area contributed by atoms with Crippen molar-refractivity contribution in [3.8, 4) is 17.2 Å². The number of imidazole rings is 1. The maximum Gasteiger partial charge on any atom is 0.471 e. The number of amides is 1. The molecule has 0 N–H and O–H groups in total. The van der Waals surface area contributed by atoms with Crippen molar-refractivity contribution in [1.82, 2.24) is 9.55 Å². The third kappa shape index (κ3) is 4.12. The Labute approximate surface area is 226 Å². The number of fused-ring (bicyclic) bond motifs is 3. The summed E-state index contributed by atoms with van der Waals surface area (Å²) in [5.41, 5.74) is 3.11. The normalized spacial score (nSPS) is 19.5. The number of benzene rings is 3. The smallest absolute Gasteiger partial charge is 0.471 e. The van der Waals surface area contributed by atoms with Gasteiger partial charge < -0.3 is 14.2 Å². The first-order valence-electron chi connectivity index (χ1n) is 12.6. The number of aryl methyl sites for hydroxylation is 1. The first-order chi connectivity index (χ1) is 19.0. The largest absolute Gasteiger partial charge is 0.488 e. The molecular formula is C29H24F3N3O5. The van der Waals surface area contributed by atoms with Crippen molar-refractivity contribution < 1.29 is 37.0 Å². The van der Waals surface area contributed by atoms with Crippen LogP contribution in [0.15, 0.2) is 60.7 Å². The van der Waals surface area contributed by atoms with E-state index in [9.17, 15) is 22.8 Å². The molecule has 11 heteroatoms. The van der Waals surface area contributed by atoms with Crippen molar-refractivity contribution >= 4 is 28.6 Å². The molecule has 206 valence electrons. The number of hydrogen-bond acceptors (Lipinski definition) is 6. The van der Waals surface area contributed by atoms with Gasteiger partial charge in [0.1, 0.15) is 30.0 Å². The SMILES string of the molecule is CC(=O)O[C@H]1c2ccc(N(C(=O)C(F)(F)F)C3COc4c3cccc4-n3c(C)nc4ccccc43)cc2OC1C. The molecule has 0 fully saturated rings. The molecule has 0 saturated carbocycles. The lowest BCUT2D eigenvalue weighted by atomic mass is 10.0. The average Bonchev–Trinajstić information content (AvgIpc) is 3.56. The van der Waals surface area contributed by atoms with Crippen molar-refractivity contribution in [3.63, 3.8) is 0 Å². The summed E-state index contributed by atoms with van der Waals surface area (Å²) in [7, 11) is 0. The van der Waals surface area contributed by atoms with Crippen molar-refractivity contribution in [2.45, 2.75) is 45.2 Å². The van der Waals surface area contributed by atoms with Crippen LogP contribution in [0.5, 0.6) is 11.5 Å². The molecule has 2 unspecified atom stereocenters. The molecule has 0 spiro atoms. The molecule has 2 aliphatic rings. The molecule has 8 nitrogen and oxygen atoms in total. The first kappa shape index (κ1) is 25.7. The first-order valence-corrected chi connectivity index (χ1v) is 12.6. The van der Waals surface area contributed by atoms with Gasteiger partial charge in [0.15, 0.2) is 6.10 Å². The number of alkyl halides is 3. The summed E-state index contributed by atoms with van der Waals surface area (Å²) >= 11 is 0. The number of anilines is 1. The van der Waals surface area contributed by atoms with Gasteiger partial charge in [0.2, 0.25) is 0 Å². The molecule has 40 heavy (non-hydrogen) atoms. The van der Waals surface area contributed by atoms with Gasteiger partial charge in [0.05, 0.1) is 22.8 Å². The Balaban J connectivity index is 1.45. The summed E-state index contributed by atoms with van der Waals surface area (Å²) in [5, 5.41) is 0. The zero-order valence-corrected chi connectivity index (χ0v) is 21.7. The lowest BCUT2D eigenvalue weighted by Crippen LogP contribution is -2.44. The van der Waals surface area contributed by atoms with E-state index in [0.29, 0.717) is 33.3 Å². The van der Waals surface area contributed by atoms with E-state index in [4.69, 9.17) is 14.2 Å². The fraction of sp³-hybridized carbons (Fsp3) is 0.276. The number of esters is 1. The van der Waals surface area contributed by atoms with E-state index in [-0.39, 0.29) is 18.0 Å². The van der Waals surface area contributed by atoms with Crippen molar-refractivity contribution in [2.75, 3.05) is 11.5 Å². The van der Waals surface area contributed by atoms with E-state index >= 15 is 0 Å². The Morgan fingerprint density at radius 2 is 1.85 bits per heavy atom. The molecule has 2 aliphatic heterocycles. The van der Waals surface area contributed by atoms with Gasteiger partial charge in [-0.3, -0.25) is 19.1 Å². The molecule has 0 saturated heterocycles. The zero-order chi connectivity index (χ0) is 28.3. The topological polar surface area (TPSA) is 82.9 Å². The molecular weight excluding hydrogens is 527 g/mol. The van der Waals surface area contributed by atoms with Crippen molar-refractivity contribution in [3.05, 3.63) is 77.6 Å². The van der Waals surface area contributed by atoms with Crippen molar-refractivity contribution in [2.24, 2.45) is 0 Å². The predicted molar refractivity (Wildman–Crippen MR) is 139 cm³/mol. The highest BCUT2D eigenvalue weighted by Crippen LogP contribution is 2.47.